The molecule has 35 heavy (non-hydrogen) atoms. The number of aryl methyl sites for hydroxylation is 1. The molecule has 3 aromatic heterocycles. The van der Waals surface area contributed by atoms with Gasteiger partial charge in [0, 0.05) is 23.5 Å². The molecule has 0 aliphatic rings. The molecule has 0 bridgehead atoms. The van der Waals surface area contributed by atoms with Crippen molar-refractivity contribution in [1.82, 2.24) is 19.5 Å². The second-order valence-electron chi connectivity index (χ2n) is 7.38. The zero-order valence-corrected chi connectivity index (χ0v) is 17.8. The highest BCUT2D eigenvalue weighted by Gasteiger charge is 2.31. The van der Waals surface area contributed by atoms with Gasteiger partial charge in [0.1, 0.15) is 23.2 Å². The highest BCUT2D eigenvalue weighted by Crippen LogP contribution is 2.26. The van der Waals surface area contributed by atoms with Crippen molar-refractivity contribution in [2.75, 3.05) is 5.32 Å². The number of halogens is 5. The van der Waals surface area contributed by atoms with Gasteiger partial charge >= 0.3 is 6.36 Å². The van der Waals surface area contributed by atoms with Crippen molar-refractivity contribution < 1.29 is 41.1 Å². The zero-order chi connectivity index (χ0) is 25.3. The summed E-state index contributed by atoms with van der Waals surface area (Å²) in [7, 11) is 0. The number of hydrogen-bond donors (Lipinski definition) is 2. The summed E-state index contributed by atoms with van der Waals surface area (Å²) in [5, 5.41) is 15.7. The van der Waals surface area contributed by atoms with Crippen LogP contribution in [0.25, 0.3) is 17.0 Å². The lowest BCUT2D eigenvalue weighted by Crippen LogP contribution is -2.20. The molecule has 2 N–H and O–H groups in total. The highest BCUT2D eigenvalue weighted by atomic mass is 19.4. The number of carbonyl (C=O) groups excluding carboxylic acids is 1. The van der Waals surface area contributed by atoms with E-state index in [9.17, 15) is 31.9 Å². The summed E-state index contributed by atoms with van der Waals surface area (Å²) in [6.07, 6.45) is -7.88. The van der Waals surface area contributed by atoms with E-state index in [2.05, 4.69) is 25.2 Å². The number of nitrogens with one attached hydrogen (secondary N) is 1. The minimum atomic E-state index is -4.87. The van der Waals surface area contributed by atoms with Gasteiger partial charge < -0.3 is 19.7 Å². The van der Waals surface area contributed by atoms with E-state index in [0.717, 1.165) is 12.1 Å². The Morgan fingerprint density at radius 2 is 2.03 bits per heavy atom. The molecule has 184 valence electrons. The Hall–Kier alpha value is -4.07. The fraction of sp³-hybridized carbons (Fsp3) is 0.238. The summed E-state index contributed by atoms with van der Waals surface area (Å²) >= 11 is 0. The van der Waals surface area contributed by atoms with Crippen molar-refractivity contribution in [3.63, 3.8) is 0 Å². The van der Waals surface area contributed by atoms with Crippen LogP contribution in [0, 0.1) is 6.92 Å². The molecule has 0 unspecified atom stereocenters. The summed E-state index contributed by atoms with van der Waals surface area (Å²) in [6.45, 7) is 1.72. The molecule has 0 fully saturated rings. The van der Waals surface area contributed by atoms with Crippen LogP contribution < -0.4 is 10.1 Å². The molecule has 1 amide bonds. The van der Waals surface area contributed by atoms with Gasteiger partial charge in [-0.05, 0) is 24.6 Å². The fourth-order valence-corrected chi connectivity index (χ4v) is 3.13. The topological polar surface area (TPSA) is 115 Å². The first kappa shape index (κ1) is 24.1. The normalized spacial score (nSPS) is 12.8. The number of nitrogens with zero attached hydrogens (tertiary/aromatic N) is 4. The average Bonchev–Trinajstić information content (AvgIpc) is 3.41. The van der Waals surface area contributed by atoms with Crippen LogP contribution in [0.1, 0.15) is 21.9 Å². The van der Waals surface area contributed by atoms with Crippen molar-refractivity contribution in [2.45, 2.75) is 32.2 Å². The number of fused-ring (bicyclic) bond motifs is 1. The van der Waals surface area contributed by atoms with Crippen molar-refractivity contribution in [3.8, 4) is 17.1 Å². The molecule has 4 aromatic rings. The number of aliphatic hydroxyl groups excluding tert-OH is 1. The van der Waals surface area contributed by atoms with Crippen LogP contribution in [0.15, 0.2) is 47.2 Å². The summed E-state index contributed by atoms with van der Waals surface area (Å²) in [4.78, 5) is 20.8. The van der Waals surface area contributed by atoms with Gasteiger partial charge in [-0.1, -0.05) is 17.3 Å². The molecule has 14 heteroatoms. The van der Waals surface area contributed by atoms with Crippen LogP contribution in [0.3, 0.4) is 0 Å². The standard InChI is InChI=1S/C21H16F5N5O4/c1-10-2-3-11(19-29-17(35-30-19)8-15(32)18(22)23)6-13(10)28-20(33)14-9-27-16-7-12(4-5-31(14)16)34-21(24,25)26/h2-7,9,15,18,32H,8H2,1H3,(H,28,33)/t15-/m1/s1. The van der Waals surface area contributed by atoms with Gasteiger partial charge in [-0.25, -0.2) is 13.8 Å². The van der Waals surface area contributed by atoms with Crippen LogP contribution >= 0.6 is 0 Å². The predicted octanol–water partition coefficient (Wildman–Crippen LogP) is 4.01. The summed E-state index contributed by atoms with van der Waals surface area (Å²) in [5.74, 6) is -1.20. The Balaban J connectivity index is 1.54. The Bertz CT molecular complexity index is 1370. The van der Waals surface area contributed by atoms with Gasteiger partial charge in [0.25, 0.3) is 12.3 Å². The number of aliphatic hydroxyl groups is 1. The number of ether oxygens (including phenoxy) is 1. The molecule has 0 radical (unpaired) electrons. The number of hydrogen-bond acceptors (Lipinski definition) is 7. The first-order valence-electron chi connectivity index (χ1n) is 9.94. The molecule has 0 saturated carbocycles. The lowest BCUT2D eigenvalue weighted by atomic mass is 10.1. The van der Waals surface area contributed by atoms with E-state index < -0.39 is 37.0 Å². The largest absolute Gasteiger partial charge is 0.573 e. The summed E-state index contributed by atoms with van der Waals surface area (Å²) in [6, 6.07) is 6.90. The van der Waals surface area contributed by atoms with Gasteiger partial charge in [-0.15, -0.1) is 13.2 Å². The Labute approximate surface area is 193 Å². The number of amides is 1. The lowest BCUT2D eigenvalue weighted by Gasteiger charge is -2.10. The van der Waals surface area contributed by atoms with Crippen LogP contribution in [-0.2, 0) is 6.42 Å². The molecule has 0 aliphatic heterocycles. The van der Waals surface area contributed by atoms with Crippen LogP contribution in [-0.4, -0.2) is 49.4 Å². The van der Waals surface area contributed by atoms with Crippen molar-refractivity contribution in [1.29, 1.82) is 0 Å². The molecular formula is C21H16F5N5O4. The Kier molecular flexibility index (Phi) is 6.39. The molecule has 4 rings (SSSR count). The van der Waals surface area contributed by atoms with E-state index in [-0.39, 0.29) is 23.1 Å². The maximum atomic E-state index is 12.9. The average molecular weight is 497 g/mol. The first-order chi connectivity index (χ1) is 16.5. The smallest absolute Gasteiger partial charge is 0.406 e. The van der Waals surface area contributed by atoms with E-state index >= 15 is 0 Å². The molecule has 0 aliphatic carbocycles. The fourth-order valence-electron chi connectivity index (χ4n) is 3.13. The van der Waals surface area contributed by atoms with E-state index in [1.165, 1.54) is 22.9 Å². The van der Waals surface area contributed by atoms with Gasteiger partial charge in [0.15, 0.2) is 0 Å². The second-order valence-corrected chi connectivity index (χ2v) is 7.38. The van der Waals surface area contributed by atoms with Gasteiger partial charge in [0.2, 0.25) is 11.7 Å². The minimum Gasteiger partial charge on any atom is -0.406 e. The molecule has 1 atom stereocenters. The van der Waals surface area contributed by atoms with E-state index in [1.54, 1.807) is 19.1 Å². The molecule has 3 heterocycles. The monoisotopic (exact) mass is 497 g/mol. The predicted molar refractivity (Wildman–Crippen MR) is 110 cm³/mol. The molecule has 0 spiro atoms. The molecular weight excluding hydrogens is 481 g/mol. The number of pyridine rings is 1. The number of carbonyl (C=O) groups is 1. The Morgan fingerprint density at radius 3 is 2.74 bits per heavy atom. The van der Waals surface area contributed by atoms with E-state index in [0.29, 0.717) is 16.8 Å². The summed E-state index contributed by atoms with van der Waals surface area (Å²) < 4.78 is 72.4. The van der Waals surface area contributed by atoms with E-state index in [4.69, 9.17) is 4.52 Å². The number of imidazole rings is 1. The van der Waals surface area contributed by atoms with Crippen LogP contribution in [0.2, 0.25) is 0 Å². The number of alkyl halides is 5. The minimum absolute atomic E-state index is 0.0474. The molecule has 0 saturated heterocycles. The third-order valence-corrected chi connectivity index (χ3v) is 4.84. The molecule has 1 aromatic carbocycles. The van der Waals surface area contributed by atoms with Gasteiger partial charge in [-0.3, -0.25) is 9.20 Å². The maximum absolute atomic E-state index is 12.9. The highest BCUT2D eigenvalue weighted by molar-refractivity contribution is 6.04. The third-order valence-electron chi connectivity index (χ3n) is 4.84. The number of aromatic nitrogens is 4. The molecule has 9 nitrogen and oxygen atoms in total. The maximum Gasteiger partial charge on any atom is 0.573 e. The zero-order valence-electron chi connectivity index (χ0n) is 17.8. The number of benzene rings is 1. The second kappa shape index (κ2) is 9.29. The van der Waals surface area contributed by atoms with Crippen LogP contribution in [0.5, 0.6) is 5.75 Å². The quantitative estimate of drug-likeness (QED) is 0.371. The van der Waals surface area contributed by atoms with Crippen molar-refractivity contribution >= 4 is 17.2 Å². The van der Waals surface area contributed by atoms with Crippen molar-refractivity contribution in [3.05, 3.63) is 59.9 Å². The van der Waals surface area contributed by atoms with Gasteiger partial charge in [0.05, 0.1) is 12.6 Å². The summed E-state index contributed by atoms with van der Waals surface area (Å²) in [5.41, 5.74) is 1.53. The lowest BCUT2D eigenvalue weighted by molar-refractivity contribution is -0.274. The van der Waals surface area contributed by atoms with E-state index in [1.807, 2.05) is 0 Å². The SMILES string of the molecule is Cc1ccc(-c2noc(C[C@@H](O)C(F)F)n2)cc1NC(=O)c1cnc2cc(OC(F)(F)F)ccn12. The Morgan fingerprint density at radius 1 is 1.26 bits per heavy atom. The first-order valence-corrected chi connectivity index (χ1v) is 9.94. The van der Waals surface area contributed by atoms with Gasteiger partial charge in [-0.2, -0.15) is 4.98 Å². The van der Waals surface area contributed by atoms with Crippen LogP contribution in [0.4, 0.5) is 27.6 Å². The number of anilines is 1. The van der Waals surface area contributed by atoms with Crippen molar-refractivity contribution in [2.24, 2.45) is 0 Å². The number of rotatable bonds is 7. The third kappa shape index (κ3) is 5.54.